The number of alkyl halides is 3. The highest BCUT2D eigenvalue weighted by Crippen LogP contribution is 2.33. The molecule has 0 bridgehead atoms. The van der Waals surface area contributed by atoms with E-state index in [1.165, 1.54) is 18.3 Å². The quantitative estimate of drug-likeness (QED) is 0.908. The normalized spacial score (nSPS) is 11.1. The minimum absolute atomic E-state index is 0.293. The number of halogens is 3. The Hall–Kier alpha value is -2.69. The van der Waals surface area contributed by atoms with Gasteiger partial charge in [-0.1, -0.05) is 0 Å². The topological polar surface area (TPSA) is 79.7 Å². The van der Waals surface area contributed by atoms with Crippen LogP contribution in [0.15, 0.2) is 30.6 Å². The number of nitrogens with zero attached hydrogens (tertiary/aromatic N) is 3. The number of anilines is 2. The fourth-order valence-corrected chi connectivity index (χ4v) is 1.80. The van der Waals surface area contributed by atoms with Crippen molar-refractivity contribution < 1.29 is 13.2 Å². The number of benzene rings is 1. The monoisotopic (exact) mass is 295 g/mol. The van der Waals surface area contributed by atoms with Crippen LogP contribution >= 0.6 is 0 Å². The molecular formula is C13H12F3N5. The van der Waals surface area contributed by atoms with Crippen molar-refractivity contribution in [2.24, 2.45) is 0 Å². The smallest absolute Gasteiger partial charge is 0.396 e. The number of nitriles is 1. The van der Waals surface area contributed by atoms with Crippen molar-refractivity contribution in [3.05, 3.63) is 41.7 Å². The third-order valence-electron chi connectivity index (χ3n) is 2.77. The summed E-state index contributed by atoms with van der Waals surface area (Å²) < 4.78 is 40.0. The van der Waals surface area contributed by atoms with Crippen molar-refractivity contribution in [1.29, 1.82) is 5.26 Å². The van der Waals surface area contributed by atoms with Gasteiger partial charge in [-0.3, -0.25) is 4.68 Å². The van der Waals surface area contributed by atoms with Gasteiger partial charge < -0.3 is 11.1 Å². The summed E-state index contributed by atoms with van der Waals surface area (Å²) in [6, 6.07) is 5.05. The Kier molecular flexibility index (Phi) is 4.03. The molecule has 0 unspecified atom stereocenters. The molecule has 0 aliphatic carbocycles. The molecule has 8 heteroatoms. The van der Waals surface area contributed by atoms with Crippen molar-refractivity contribution in [3.8, 4) is 6.07 Å². The molecule has 5 nitrogen and oxygen atoms in total. The maximum atomic E-state index is 12.8. The second-order valence-corrected chi connectivity index (χ2v) is 4.33. The van der Waals surface area contributed by atoms with Gasteiger partial charge >= 0.3 is 6.18 Å². The fraction of sp³-hybridized carbons (Fsp3) is 0.231. The van der Waals surface area contributed by atoms with Gasteiger partial charge in [0, 0.05) is 18.4 Å². The molecule has 2 aromatic rings. The first-order chi connectivity index (χ1) is 9.90. The second kappa shape index (κ2) is 5.75. The summed E-state index contributed by atoms with van der Waals surface area (Å²) in [5.74, 6) is 0. The van der Waals surface area contributed by atoms with E-state index in [1.807, 2.05) is 0 Å². The molecule has 1 heterocycles. The highest BCUT2D eigenvalue weighted by molar-refractivity contribution is 5.53. The Morgan fingerprint density at radius 3 is 2.71 bits per heavy atom. The maximum Gasteiger partial charge on any atom is 0.417 e. The molecule has 0 fully saturated rings. The summed E-state index contributed by atoms with van der Waals surface area (Å²) in [6.07, 6.45) is -1.44. The Morgan fingerprint density at radius 1 is 1.38 bits per heavy atom. The van der Waals surface area contributed by atoms with Crippen LogP contribution in [-0.4, -0.2) is 16.3 Å². The number of nitrogens with one attached hydrogen (secondary N) is 1. The van der Waals surface area contributed by atoms with Gasteiger partial charge in [0.2, 0.25) is 0 Å². The van der Waals surface area contributed by atoms with E-state index >= 15 is 0 Å². The van der Waals surface area contributed by atoms with Gasteiger partial charge in [-0.25, -0.2) is 0 Å². The summed E-state index contributed by atoms with van der Waals surface area (Å²) >= 11 is 0. The fourth-order valence-electron chi connectivity index (χ4n) is 1.80. The second-order valence-electron chi connectivity index (χ2n) is 4.33. The molecule has 0 aliphatic rings. The molecule has 0 amide bonds. The maximum absolute atomic E-state index is 12.8. The van der Waals surface area contributed by atoms with Crippen molar-refractivity contribution in [3.63, 3.8) is 0 Å². The van der Waals surface area contributed by atoms with Gasteiger partial charge in [-0.05, 0) is 18.2 Å². The lowest BCUT2D eigenvalue weighted by molar-refractivity contribution is -0.137. The Bertz CT molecular complexity index is 669. The molecule has 0 spiro atoms. The Balaban J connectivity index is 2.06. The lowest BCUT2D eigenvalue weighted by atomic mass is 10.1. The third-order valence-corrected chi connectivity index (χ3v) is 2.77. The minimum atomic E-state index is -4.56. The van der Waals surface area contributed by atoms with Gasteiger partial charge in [-0.15, -0.1) is 0 Å². The average molecular weight is 295 g/mol. The van der Waals surface area contributed by atoms with Crippen molar-refractivity contribution in [2.45, 2.75) is 12.7 Å². The summed E-state index contributed by atoms with van der Waals surface area (Å²) in [6.45, 7) is 0.836. The predicted octanol–water partition coefficient (Wildman–Crippen LogP) is 2.47. The predicted molar refractivity (Wildman–Crippen MR) is 71.3 cm³/mol. The molecule has 1 aromatic heterocycles. The van der Waals surface area contributed by atoms with Crippen LogP contribution < -0.4 is 11.1 Å². The van der Waals surface area contributed by atoms with Gasteiger partial charge in [-0.2, -0.15) is 23.5 Å². The van der Waals surface area contributed by atoms with E-state index in [0.29, 0.717) is 24.5 Å². The van der Waals surface area contributed by atoms with Crippen LogP contribution in [0.1, 0.15) is 11.1 Å². The van der Waals surface area contributed by atoms with Crippen molar-refractivity contribution >= 4 is 11.4 Å². The molecular weight excluding hydrogens is 283 g/mol. The molecule has 0 radical (unpaired) electrons. The van der Waals surface area contributed by atoms with E-state index in [4.69, 9.17) is 11.0 Å². The lowest BCUT2D eigenvalue weighted by Crippen LogP contribution is -2.13. The van der Waals surface area contributed by atoms with E-state index in [1.54, 1.807) is 10.9 Å². The zero-order chi connectivity index (χ0) is 15.5. The summed E-state index contributed by atoms with van der Waals surface area (Å²) in [5, 5.41) is 15.5. The molecule has 0 saturated heterocycles. The van der Waals surface area contributed by atoms with Gasteiger partial charge in [0.1, 0.15) is 0 Å². The van der Waals surface area contributed by atoms with E-state index in [2.05, 4.69) is 10.4 Å². The van der Waals surface area contributed by atoms with Crippen LogP contribution in [-0.2, 0) is 12.7 Å². The SMILES string of the molecule is N#Cc1ccc(NCCn2cc(N)cn2)cc1C(F)(F)F. The lowest BCUT2D eigenvalue weighted by Gasteiger charge is -2.12. The largest absolute Gasteiger partial charge is 0.417 e. The Labute approximate surface area is 118 Å². The average Bonchev–Trinajstić information content (AvgIpc) is 2.83. The third kappa shape index (κ3) is 3.66. The van der Waals surface area contributed by atoms with Crippen LogP contribution in [0.3, 0.4) is 0 Å². The van der Waals surface area contributed by atoms with Gasteiger partial charge in [0.25, 0.3) is 0 Å². The molecule has 3 N–H and O–H groups in total. The highest BCUT2D eigenvalue weighted by atomic mass is 19.4. The number of hydrogen-bond donors (Lipinski definition) is 2. The van der Waals surface area contributed by atoms with Crippen LogP contribution in [0, 0.1) is 11.3 Å². The van der Waals surface area contributed by atoms with Crippen LogP contribution in [0.4, 0.5) is 24.5 Å². The molecule has 110 valence electrons. The van der Waals surface area contributed by atoms with Crippen LogP contribution in [0.5, 0.6) is 0 Å². The first-order valence-corrected chi connectivity index (χ1v) is 6.03. The zero-order valence-corrected chi connectivity index (χ0v) is 10.9. The van der Waals surface area contributed by atoms with E-state index < -0.39 is 17.3 Å². The molecule has 21 heavy (non-hydrogen) atoms. The molecule has 0 atom stereocenters. The summed E-state index contributed by atoms with van der Waals surface area (Å²) in [4.78, 5) is 0. The van der Waals surface area contributed by atoms with Crippen LogP contribution in [0.2, 0.25) is 0 Å². The van der Waals surface area contributed by atoms with E-state index in [0.717, 1.165) is 12.1 Å². The minimum Gasteiger partial charge on any atom is -0.396 e. The van der Waals surface area contributed by atoms with Gasteiger partial charge in [0.15, 0.2) is 0 Å². The van der Waals surface area contributed by atoms with Crippen molar-refractivity contribution in [2.75, 3.05) is 17.6 Å². The Morgan fingerprint density at radius 2 is 2.14 bits per heavy atom. The number of nitrogen functional groups attached to an aromatic ring is 1. The first-order valence-electron chi connectivity index (χ1n) is 6.03. The van der Waals surface area contributed by atoms with Crippen LogP contribution in [0.25, 0.3) is 0 Å². The number of hydrogen-bond acceptors (Lipinski definition) is 4. The summed E-state index contributed by atoms with van der Waals surface area (Å²) in [7, 11) is 0. The molecule has 0 aliphatic heterocycles. The highest BCUT2D eigenvalue weighted by Gasteiger charge is 2.33. The molecule has 0 saturated carbocycles. The van der Waals surface area contributed by atoms with Crippen molar-refractivity contribution in [1.82, 2.24) is 9.78 Å². The summed E-state index contributed by atoms with van der Waals surface area (Å²) in [5.41, 5.74) is 4.97. The number of rotatable bonds is 4. The molecule has 2 rings (SSSR count). The molecule has 1 aromatic carbocycles. The number of aromatic nitrogens is 2. The van der Waals surface area contributed by atoms with E-state index in [-0.39, 0.29) is 0 Å². The van der Waals surface area contributed by atoms with Gasteiger partial charge in [0.05, 0.1) is 35.6 Å². The zero-order valence-electron chi connectivity index (χ0n) is 10.9. The van der Waals surface area contributed by atoms with E-state index in [9.17, 15) is 13.2 Å². The number of nitrogens with two attached hydrogens (primary N) is 1. The standard InChI is InChI=1S/C13H12F3N5/c14-13(15,16)12-5-11(2-1-9(12)6-17)19-3-4-21-8-10(18)7-20-21/h1-2,5,7-8,19H,3-4,18H2. The first kappa shape index (κ1) is 14.7.